The fourth-order valence-electron chi connectivity index (χ4n) is 3.85. The van der Waals surface area contributed by atoms with Crippen LogP contribution < -0.4 is 14.4 Å². The molecule has 3 aromatic rings. The van der Waals surface area contributed by atoms with Gasteiger partial charge in [0.25, 0.3) is 5.78 Å². The quantitative estimate of drug-likeness (QED) is 0.340. The van der Waals surface area contributed by atoms with Crippen molar-refractivity contribution in [2.75, 3.05) is 18.6 Å². The summed E-state index contributed by atoms with van der Waals surface area (Å²) in [6.07, 6.45) is 0. The Morgan fingerprint density at radius 1 is 1.09 bits per heavy atom. The largest absolute Gasteiger partial charge is 0.507 e. The lowest BCUT2D eigenvalue weighted by molar-refractivity contribution is -0.132. The van der Waals surface area contributed by atoms with Crippen molar-refractivity contribution in [1.29, 1.82) is 0 Å². The van der Waals surface area contributed by atoms with Gasteiger partial charge in [0.1, 0.15) is 11.5 Å². The summed E-state index contributed by atoms with van der Waals surface area (Å²) in [5, 5.41) is 15.1. The number of carbonyl (C=O) groups is 2. The van der Waals surface area contributed by atoms with Crippen LogP contribution in [0.3, 0.4) is 0 Å². The van der Waals surface area contributed by atoms with Gasteiger partial charge in [-0.3, -0.25) is 14.5 Å². The van der Waals surface area contributed by atoms with Crippen molar-refractivity contribution in [1.82, 2.24) is 5.16 Å². The molecule has 1 N–H and O–H groups in total. The molecular formula is C25H24N2O6. The van der Waals surface area contributed by atoms with E-state index in [1.165, 1.54) is 12.0 Å². The van der Waals surface area contributed by atoms with Gasteiger partial charge in [0.2, 0.25) is 0 Å². The molecule has 2 heterocycles. The Balaban J connectivity index is 1.93. The smallest absolute Gasteiger partial charge is 0.301 e. The molecule has 1 amide bonds. The molecule has 1 fully saturated rings. The van der Waals surface area contributed by atoms with Gasteiger partial charge in [0.15, 0.2) is 17.3 Å². The van der Waals surface area contributed by atoms with Gasteiger partial charge in [0, 0.05) is 11.6 Å². The van der Waals surface area contributed by atoms with E-state index >= 15 is 0 Å². The zero-order chi connectivity index (χ0) is 23.7. The number of ketones is 1. The number of aryl methyl sites for hydroxylation is 2. The van der Waals surface area contributed by atoms with E-state index in [9.17, 15) is 14.7 Å². The highest BCUT2D eigenvalue weighted by atomic mass is 16.5. The van der Waals surface area contributed by atoms with E-state index in [4.69, 9.17) is 14.0 Å². The second-order valence-corrected chi connectivity index (χ2v) is 7.67. The summed E-state index contributed by atoms with van der Waals surface area (Å²) in [5.74, 6) is -0.276. The third-order valence-corrected chi connectivity index (χ3v) is 5.44. The molecule has 4 rings (SSSR count). The van der Waals surface area contributed by atoms with Crippen LogP contribution in [0.25, 0.3) is 5.76 Å². The topological polar surface area (TPSA) is 102 Å². The molecule has 1 aliphatic heterocycles. The third-order valence-electron chi connectivity index (χ3n) is 5.44. The van der Waals surface area contributed by atoms with E-state index in [0.717, 1.165) is 5.56 Å². The standard InChI is InChI=1S/C25H24N2O6/c1-5-32-18-11-10-17(13-19(18)31-4)22-21(23(28)16-8-6-14(2)7-9-16)24(29)25(30)27(22)20-12-15(3)33-26-20/h6-13,22,28H,5H2,1-4H3/b23-21+. The summed E-state index contributed by atoms with van der Waals surface area (Å²) in [4.78, 5) is 27.5. The van der Waals surface area contributed by atoms with E-state index in [0.29, 0.717) is 35.0 Å². The van der Waals surface area contributed by atoms with Gasteiger partial charge >= 0.3 is 5.91 Å². The first-order valence-corrected chi connectivity index (χ1v) is 10.5. The van der Waals surface area contributed by atoms with Crippen LogP contribution in [-0.4, -0.2) is 35.7 Å². The van der Waals surface area contributed by atoms with Gasteiger partial charge in [-0.2, -0.15) is 0 Å². The van der Waals surface area contributed by atoms with Crippen molar-refractivity contribution in [3.05, 3.63) is 76.6 Å². The summed E-state index contributed by atoms with van der Waals surface area (Å²) in [5.41, 5.74) is 1.93. The Kier molecular flexibility index (Phi) is 5.91. The molecule has 1 aliphatic rings. The highest BCUT2D eigenvalue weighted by molar-refractivity contribution is 6.51. The molecule has 2 aromatic carbocycles. The number of nitrogens with zero attached hydrogens (tertiary/aromatic N) is 2. The summed E-state index contributed by atoms with van der Waals surface area (Å²) in [6, 6.07) is 12.8. The fourth-order valence-corrected chi connectivity index (χ4v) is 3.85. The number of hydrogen-bond acceptors (Lipinski definition) is 7. The monoisotopic (exact) mass is 448 g/mol. The van der Waals surface area contributed by atoms with E-state index < -0.39 is 17.7 Å². The number of anilines is 1. The number of aliphatic hydroxyl groups excluding tert-OH is 1. The van der Waals surface area contributed by atoms with Crippen molar-refractivity contribution in [2.24, 2.45) is 0 Å². The predicted molar refractivity (Wildman–Crippen MR) is 121 cm³/mol. The number of amides is 1. The molecule has 1 atom stereocenters. The number of ether oxygens (including phenoxy) is 2. The van der Waals surface area contributed by atoms with E-state index in [-0.39, 0.29) is 17.2 Å². The van der Waals surface area contributed by atoms with E-state index in [1.807, 2.05) is 26.0 Å². The van der Waals surface area contributed by atoms with E-state index in [2.05, 4.69) is 5.16 Å². The van der Waals surface area contributed by atoms with Crippen molar-refractivity contribution in [3.63, 3.8) is 0 Å². The second kappa shape index (κ2) is 8.82. The van der Waals surface area contributed by atoms with Gasteiger partial charge in [-0.25, -0.2) is 0 Å². The summed E-state index contributed by atoms with van der Waals surface area (Å²) < 4.78 is 16.2. The lowest BCUT2D eigenvalue weighted by atomic mass is 9.94. The fraction of sp³-hybridized carbons (Fsp3) is 0.240. The number of aliphatic hydroxyl groups is 1. The number of carbonyl (C=O) groups excluding carboxylic acids is 2. The number of methoxy groups -OCH3 is 1. The Morgan fingerprint density at radius 3 is 2.42 bits per heavy atom. The molecule has 0 bridgehead atoms. The van der Waals surface area contributed by atoms with E-state index in [1.54, 1.807) is 43.3 Å². The predicted octanol–water partition coefficient (Wildman–Crippen LogP) is 4.33. The zero-order valence-electron chi connectivity index (χ0n) is 18.8. The Morgan fingerprint density at radius 2 is 1.82 bits per heavy atom. The normalized spacial score (nSPS) is 17.5. The minimum atomic E-state index is -0.944. The lowest BCUT2D eigenvalue weighted by Crippen LogP contribution is -2.29. The SMILES string of the molecule is CCOc1ccc(C2/C(=C(\O)c3ccc(C)cc3)C(=O)C(=O)N2c2cc(C)on2)cc1OC. The van der Waals surface area contributed by atoms with Crippen LogP contribution in [0.4, 0.5) is 5.82 Å². The molecule has 8 nitrogen and oxygen atoms in total. The Bertz CT molecular complexity index is 1240. The van der Waals surface area contributed by atoms with Crippen molar-refractivity contribution in [2.45, 2.75) is 26.8 Å². The van der Waals surface area contributed by atoms with Crippen LogP contribution in [0.5, 0.6) is 11.5 Å². The Labute approximate surface area is 191 Å². The lowest BCUT2D eigenvalue weighted by Gasteiger charge is -2.23. The molecule has 1 saturated heterocycles. The Hall–Kier alpha value is -4.07. The molecule has 0 spiro atoms. The maximum absolute atomic E-state index is 13.2. The van der Waals surface area contributed by atoms with Gasteiger partial charge in [0.05, 0.1) is 25.3 Å². The van der Waals surface area contributed by atoms with Crippen molar-refractivity contribution >= 4 is 23.3 Å². The first kappa shape index (κ1) is 22.1. The second-order valence-electron chi connectivity index (χ2n) is 7.67. The van der Waals surface area contributed by atoms with Crippen LogP contribution in [0, 0.1) is 13.8 Å². The molecule has 0 saturated carbocycles. The van der Waals surface area contributed by atoms with Gasteiger partial charge in [-0.15, -0.1) is 0 Å². The van der Waals surface area contributed by atoms with Gasteiger partial charge in [-0.1, -0.05) is 41.1 Å². The minimum Gasteiger partial charge on any atom is -0.507 e. The first-order chi connectivity index (χ1) is 15.8. The summed E-state index contributed by atoms with van der Waals surface area (Å²) in [7, 11) is 1.51. The molecule has 1 aromatic heterocycles. The molecule has 0 aliphatic carbocycles. The summed E-state index contributed by atoms with van der Waals surface area (Å²) in [6.45, 7) is 5.91. The maximum atomic E-state index is 13.2. The first-order valence-electron chi connectivity index (χ1n) is 10.5. The molecule has 0 radical (unpaired) electrons. The van der Waals surface area contributed by atoms with Gasteiger partial charge in [-0.05, 0) is 38.5 Å². The van der Waals surface area contributed by atoms with Gasteiger partial charge < -0.3 is 19.1 Å². The maximum Gasteiger partial charge on any atom is 0.301 e. The number of aromatic nitrogens is 1. The zero-order valence-corrected chi connectivity index (χ0v) is 18.8. The highest BCUT2D eigenvalue weighted by Crippen LogP contribution is 2.43. The van der Waals surface area contributed by atoms with Crippen molar-refractivity contribution < 1.29 is 28.7 Å². The number of hydrogen-bond donors (Lipinski definition) is 1. The van der Waals surface area contributed by atoms with Crippen LogP contribution in [-0.2, 0) is 9.59 Å². The average molecular weight is 448 g/mol. The van der Waals surface area contributed by atoms with Crippen LogP contribution in [0.1, 0.15) is 35.4 Å². The molecular weight excluding hydrogens is 424 g/mol. The summed E-state index contributed by atoms with van der Waals surface area (Å²) >= 11 is 0. The molecule has 33 heavy (non-hydrogen) atoms. The van der Waals surface area contributed by atoms with Crippen LogP contribution in [0.15, 0.2) is 58.6 Å². The minimum absolute atomic E-state index is 0.0456. The van der Waals surface area contributed by atoms with Crippen LogP contribution >= 0.6 is 0 Å². The number of rotatable bonds is 6. The molecule has 1 unspecified atom stereocenters. The number of Topliss-reactive ketones (excluding diaryl/α,β-unsaturated/α-hetero) is 1. The number of benzene rings is 2. The molecule has 8 heteroatoms. The average Bonchev–Trinajstić information content (AvgIpc) is 3.35. The van der Waals surface area contributed by atoms with Crippen LogP contribution in [0.2, 0.25) is 0 Å². The highest BCUT2D eigenvalue weighted by Gasteiger charge is 2.48. The van der Waals surface area contributed by atoms with Crippen molar-refractivity contribution in [3.8, 4) is 11.5 Å². The third kappa shape index (κ3) is 3.95. The molecule has 170 valence electrons.